The lowest BCUT2D eigenvalue weighted by Crippen LogP contribution is -2.38. The molecule has 0 aliphatic carbocycles. The summed E-state index contributed by atoms with van der Waals surface area (Å²) in [6, 6.07) is 17.9. The maximum Gasteiger partial charge on any atom is 0.264 e. The molecule has 3 aromatic rings. The second kappa shape index (κ2) is 12.6. The summed E-state index contributed by atoms with van der Waals surface area (Å²) in [5, 5.41) is 3.02. The van der Waals surface area contributed by atoms with Crippen LogP contribution in [-0.2, 0) is 24.8 Å². The maximum absolute atomic E-state index is 13.6. The van der Waals surface area contributed by atoms with Crippen LogP contribution in [0.15, 0.2) is 82.6 Å². The van der Waals surface area contributed by atoms with Crippen LogP contribution in [0, 0.1) is 0 Å². The minimum atomic E-state index is -4.19. The fourth-order valence-corrected chi connectivity index (χ4v) is 6.74. The van der Waals surface area contributed by atoms with Crippen molar-refractivity contribution < 1.29 is 26.4 Å². The molecule has 9 nitrogen and oxygen atoms in total. The number of amides is 1. The number of rotatable bonds is 12. The van der Waals surface area contributed by atoms with Gasteiger partial charge in [0.05, 0.1) is 22.1 Å². The maximum atomic E-state index is 13.6. The van der Waals surface area contributed by atoms with Gasteiger partial charge in [-0.2, -0.15) is 4.31 Å². The lowest BCUT2D eigenvalue weighted by atomic mass is 10.3. The topological polar surface area (TPSA) is 113 Å². The zero-order valence-corrected chi connectivity index (χ0v) is 23.7. The van der Waals surface area contributed by atoms with Crippen molar-refractivity contribution in [2.24, 2.45) is 0 Å². The normalized spacial score (nSPS) is 11.8. The van der Waals surface area contributed by atoms with Gasteiger partial charge in [0, 0.05) is 23.8 Å². The molecule has 0 heterocycles. The van der Waals surface area contributed by atoms with Crippen LogP contribution in [-0.4, -0.2) is 53.3 Å². The van der Waals surface area contributed by atoms with Crippen LogP contribution in [0.4, 0.5) is 11.4 Å². The number of nitrogens with zero attached hydrogens (tertiary/aromatic N) is 2. The first-order valence-corrected chi connectivity index (χ1v) is 15.2. The SMILES string of the molecule is CCOc1ccccc1N(CC(=O)Nc1ccc(S(=O)(=O)N(CC)CC)cc1)S(=O)(=O)c1ccc(Cl)cc1. The lowest BCUT2D eigenvalue weighted by Gasteiger charge is -2.26. The van der Waals surface area contributed by atoms with Crippen LogP contribution in [0.25, 0.3) is 0 Å². The van der Waals surface area contributed by atoms with Gasteiger partial charge in [0.2, 0.25) is 15.9 Å². The quantitative estimate of drug-likeness (QED) is 0.335. The van der Waals surface area contributed by atoms with Gasteiger partial charge < -0.3 is 10.1 Å². The Morgan fingerprint density at radius 3 is 1.95 bits per heavy atom. The Labute approximate surface area is 229 Å². The van der Waals surface area contributed by atoms with Crippen molar-refractivity contribution in [3.63, 3.8) is 0 Å². The fraction of sp³-hybridized carbons (Fsp3) is 0.269. The Morgan fingerprint density at radius 1 is 0.816 bits per heavy atom. The predicted octanol–water partition coefficient (Wildman–Crippen LogP) is 4.60. The van der Waals surface area contributed by atoms with Crippen LogP contribution < -0.4 is 14.4 Å². The number of halogens is 1. The molecule has 204 valence electrons. The van der Waals surface area contributed by atoms with E-state index in [0.717, 1.165) is 4.31 Å². The zero-order valence-electron chi connectivity index (χ0n) is 21.3. The molecular weight excluding hydrogens is 550 g/mol. The first kappa shape index (κ1) is 29.4. The molecule has 38 heavy (non-hydrogen) atoms. The highest BCUT2D eigenvalue weighted by Gasteiger charge is 2.29. The molecule has 0 bridgehead atoms. The van der Waals surface area contributed by atoms with Gasteiger partial charge in [-0.25, -0.2) is 16.8 Å². The number of para-hydroxylation sites is 2. The Hall–Kier alpha value is -3.12. The first-order chi connectivity index (χ1) is 18.0. The molecule has 0 spiro atoms. The Balaban J connectivity index is 1.91. The van der Waals surface area contributed by atoms with Gasteiger partial charge in [-0.3, -0.25) is 9.10 Å². The van der Waals surface area contributed by atoms with Gasteiger partial charge in [0.1, 0.15) is 12.3 Å². The lowest BCUT2D eigenvalue weighted by molar-refractivity contribution is -0.114. The zero-order chi connectivity index (χ0) is 27.9. The second-order valence-corrected chi connectivity index (χ2v) is 12.3. The van der Waals surface area contributed by atoms with Crippen molar-refractivity contribution in [3.05, 3.63) is 77.8 Å². The Morgan fingerprint density at radius 2 is 1.37 bits per heavy atom. The number of carbonyl (C=O) groups is 1. The molecule has 0 fully saturated rings. The van der Waals surface area contributed by atoms with E-state index in [1.165, 1.54) is 52.8 Å². The van der Waals surface area contributed by atoms with Crippen LogP contribution in [0.2, 0.25) is 5.02 Å². The number of hydrogen-bond acceptors (Lipinski definition) is 6. The van der Waals surface area contributed by atoms with Gasteiger partial charge in [-0.15, -0.1) is 0 Å². The number of anilines is 2. The van der Waals surface area contributed by atoms with Crippen molar-refractivity contribution in [3.8, 4) is 5.75 Å². The van der Waals surface area contributed by atoms with E-state index in [1.807, 2.05) is 0 Å². The van der Waals surface area contributed by atoms with Gasteiger partial charge in [0.15, 0.2) is 0 Å². The van der Waals surface area contributed by atoms with E-state index in [-0.39, 0.29) is 15.5 Å². The second-order valence-electron chi connectivity index (χ2n) is 8.03. The average Bonchev–Trinajstić information content (AvgIpc) is 2.89. The molecule has 0 aromatic heterocycles. The average molecular weight is 580 g/mol. The van der Waals surface area contributed by atoms with Gasteiger partial charge in [-0.1, -0.05) is 37.6 Å². The van der Waals surface area contributed by atoms with E-state index in [1.54, 1.807) is 45.0 Å². The number of hydrogen-bond donors (Lipinski definition) is 1. The monoisotopic (exact) mass is 579 g/mol. The summed E-state index contributed by atoms with van der Waals surface area (Å²) in [7, 11) is -7.85. The molecule has 0 saturated heterocycles. The molecule has 0 atom stereocenters. The predicted molar refractivity (Wildman–Crippen MR) is 149 cm³/mol. The first-order valence-electron chi connectivity index (χ1n) is 11.9. The summed E-state index contributed by atoms with van der Waals surface area (Å²) in [6.45, 7) is 5.67. The highest BCUT2D eigenvalue weighted by Crippen LogP contribution is 2.33. The van der Waals surface area contributed by atoms with Crippen molar-refractivity contribution in [1.29, 1.82) is 0 Å². The summed E-state index contributed by atoms with van der Waals surface area (Å²) in [5.74, 6) is -0.334. The number of nitrogens with one attached hydrogen (secondary N) is 1. The Kier molecular flexibility index (Phi) is 9.77. The molecule has 3 rings (SSSR count). The van der Waals surface area contributed by atoms with Crippen molar-refractivity contribution in [2.45, 2.75) is 30.6 Å². The highest BCUT2D eigenvalue weighted by atomic mass is 35.5. The summed E-state index contributed by atoms with van der Waals surface area (Å²) in [6.07, 6.45) is 0. The van der Waals surface area contributed by atoms with E-state index in [9.17, 15) is 21.6 Å². The van der Waals surface area contributed by atoms with Crippen molar-refractivity contribution in [2.75, 3.05) is 35.9 Å². The summed E-state index contributed by atoms with van der Waals surface area (Å²) >= 11 is 5.94. The molecule has 3 aromatic carbocycles. The van der Waals surface area contributed by atoms with Crippen molar-refractivity contribution in [1.82, 2.24) is 4.31 Å². The van der Waals surface area contributed by atoms with E-state index in [2.05, 4.69) is 5.32 Å². The molecule has 0 aliphatic rings. The smallest absolute Gasteiger partial charge is 0.264 e. The van der Waals surface area contributed by atoms with Crippen LogP contribution in [0.1, 0.15) is 20.8 Å². The number of carbonyl (C=O) groups excluding carboxylic acids is 1. The van der Waals surface area contributed by atoms with Gasteiger partial charge in [-0.05, 0) is 67.6 Å². The number of ether oxygens (including phenoxy) is 1. The van der Waals surface area contributed by atoms with Crippen LogP contribution in [0.5, 0.6) is 5.75 Å². The summed E-state index contributed by atoms with van der Waals surface area (Å²) < 4.78 is 60.7. The largest absolute Gasteiger partial charge is 0.492 e. The molecule has 1 N–H and O–H groups in total. The molecular formula is C26H30ClN3O6S2. The third-order valence-corrected chi connectivity index (χ3v) is 9.69. The standard InChI is InChI=1S/C26H30ClN3O6S2/c1-4-29(5-2)37(32,33)22-17-13-21(14-18-22)28-26(31)19-30(24-9-7-8-10-25(24)36-6-3)38(34,35)23-15-11-20(27)12-16-23/h7-18H,4-6,19H2,1-3H3,(H,28,31). The van der Waals surface area contributed by atoms with Crippen molar-refractivity contribution >= 4 is 48.9 Å². The minimum Gasteiger partial charge on any atom is -0.492 e. The number of benzene rings is 3. The number of sulfonamides is 2. The van der Waals surface area contributed by atoms with E-state index < -0.39 is 32.5 Å². The van der Waals surface area contributed by atoms with E-state index >= 15 is 0 Å². The summed E-state index contributed by atoms with van der Waals surface area (Å²) in [4.78, 5) is 13.1. The molecule has 0 saturated carbocycles. The van der Waals surface area contributed by atoms with E-state index in [0.29, 0.717) is 36.2 Å². The third kappa shape index (κ3) is 6.65. The molecule has 1 amide bonds. The van der Waals surface area contributed by atoms with E-state index in [4.69, 9.17) is 16.3 Å². The molecule has 0 aliphatic heterocycles. The molecule has 0 radical (unpaired) electrons. The Bertz CT molecular complexity index is 1460. The van der Waals surface area contributed by atoms with Gasteiger partial charge >= 0.3 is 0 Å². The van der Waals surface area contributed by atoms with Gasteiger partial charge in [0.25, 0.3) is 10.0 Å². The summed E-state index contributed by atoms with van der Waals surface area (Å²) in [5.41, 5.74) is 0.510. The van der Waals surface area contributed by atoms with Crippen LogP contribution >= 0.6 is 11.6 Å². The fourth-order valence-electron chi connectivity index (χ4n) is 3.73. The molecule has 0 unspecified atom stereocenters. The van der Waals surface area contributed by atoms with Crippen LogP contribution in [0.3, 0.4) is 0 Å². The highest BCUT2D eigenvalue weighted by molar-refractivity contribution is 7.93. The molecule has 12 heteroatoms. The third-order valence-electron chi connectivity index (χ3n) is 5.60. The minimum absolute atomic E-state index is 0.0491.